The van der Waals surface area contributed by atoms with Crippen molar-refractivity contribution >= 4 is 11.0 Å². The number of benzene rings is 2. The summed E-state index contributed by atoms with van der Waals surface area (Å²) in [5.41, 5.74) is 4.85. The Morgan fingerprint density at radius 1 is 1.18 bits per heavy atom. The highest BCUT2D eigenvalue weighted by molar-refractivity contribution is 5.76. The van der Waals surface area contributed by atoms with Crippen LogP contribution in [0.5, 0.6) is 0 Å². The second-order valence-corrected chi connectivity index (χ2v) is 6.04. The lowest BCUT2D eigenvalue weighted by Gasteiger charge is -2.14. The maximum atomic E-state index is 5.89. The molecule has 2 heterocycles. The molecule has 0 spiro atoms. The molecular formula is C19H20N2O. The van der Waals surface area contributed by atoms with Gasteiger partial charge in [0.15, 0.2) is 0 Å². The molecule has 0 aliphatic carbocycles. The van der Waals surface area contributed by atoms with E-state index >= 15 is 0 Å². The van der Waals surface area contributed by atoms with Gasteiger partial charge in [-0.15, -0.1) is 0 Å². The molecule has 0 saturated carbocycles. The Hall–Kier alpha value is -2.13. The first-order chi connectivity index (χ1) is 10.8. The van der Waals surface area contributed by atoms with E-state index in [1.807, 2.05) is 6.07 Å². The smallest absolute Gasteiger partial charge is 0.139 e. The number of hydrogen-bond acceptors (Lipinski definition) is 2. The van der Waals surface area contributed by atoms with Crippen LogP contribution in [0.25, 0.3) is 11.0 Å². The molecule has 1 saturated heterocycles. The number of rotatable bonds is 3. The molecule has 1 atom stereocenters. The number of para-hydroxylation sites is 2. The Balaban J connectivity index is 1.81. The van der Waals surface area contributed by atoms with Crippen LogP contribution in [0.15, 0.2) is 48.5 Å². The summed E-state index contributed by atoms with van der Waals surface area (Å²) < 4.78 is 8.21. The lowest BCUT2D eigenvalue weighted by atomic mass is 10.1. The molecule has 3 nitrogen and oxygen atoms in total. The van der Waals surface area contributed by atoms with E-state index in [0.29, 0.717) is 0 Å². The molecule has 2 aromatic carbocycles. The highest BCUT2D eigenvalue weighted by Gasteiger charge is 2.24. The Morgan fingerprint density at radius 2 is 2.09 bits per heavy atom. The number of hydrogen-bond donors (Lipinski definition) is 0. The summed E-state index contributed by atoms with van der Waals surface area (Å²) in [7, 11) is 0. The number of aromatic nitrogens is 2. The fraction of sp³-hybridized carbons (Fsp3) is 0.316. The van der Waals surface area contributed by atoms with Crippen molar-refractivity contribution in [3.8, 4) is 0 Å². The molecular weight excluding hydrogens is 272 g/mol. The number of fused-ring (bicyclic) bond motifs is 1. The quantitative estimate of drug-likeness (QED) is 0.722. The van der Waals surface area contributed by atoms with E-state index in [4.69, 9.17) is 9.72 Å². The molecule has 1 aromatic heterocycles. The minimum atomic E-state index is 0.136. The fourth-order valence-corrected chi connectivity index (χ4v) is 3.28. The van der Waals surface area contributed by atoms with Crippen LogP contribution >= 0.6 is 0 Å². The fourth-order valence-electron chi connectivity index (χ4n) is 3.28. The summed E-state index contributed by atoms with van der Waals surface area (Å²) in [4.78, 5) is 4.85. The minimum Gasteiger partial charge on any atom is -0.370 e. The van der Waals surface area contributed by atoms with E-state index in [-0.39, 0.29) is 6.10 Å². The van der Waals surface area contributed by atoms with Gasteiger partial charge in [-0.25, -0.2) is 4.98 Å². The van der Waals surface area contributed by atoms with E-state index in [9.17, 15) is 0 Å². The van der Waals surface area contributed by atoms with Crippen molar-refractivity contribution in [3.63, 3.8) is 0 Å². The Bertz CT molecular complexity index is 800. The first kappa shape index (κ1) is 13.5. The summed E-state index contributed by atoms with van der Waals surface area (Å²) in [6, 6.07) is 17.0. The number of nitrogens with zero attached hydrogens (tertiary/aromatic N) is 2. The zero-order chi connectivity index (χ0) is 14.9. The maximum absolute atomic E-state index is 5.89. The van der Waals surface area contributed by atoms with E-state index in [1.165, 1.54) is 16.6 Å². The van der Waals surface area contributed by atoms with Gasteiger partial charge >= 0.3 is 0 Å². The zero-order valence-corrected chi connectivity index (χ0v) is 12.8. The second-order valence-electron chi connectivity index (χ2n) is 6.04. The maximum Gasteiger partial charge on any atom is 0.139 e. The predicted octanol–water partition coefficient (Wildman–Crippen LogP) is 4.24. The van der Waals surface area contributed by atoms with Crippen molar-refractivity contribution < 1.29 is 4.74 Å². The normalized spacial score (nSPS) is 18.1. The molecule has 0 bridgehead atoms. The zero-order valence-electron chi connectivity index (χ0n) is 12.8. The van der Waals surface area contributed by atoms with Crippen molar-refractivity contribution in [2.24, 2.45) is 0 Å². The lowest BCUT2D eigenvalue weighted by Crippen LogP contribution is -2.09. The van der Waals surface area contributed by atoms with E-state index in [1.54, 1.807) is 0 Å². The lowest BCUT2D eigenvalue weighted by molar-refractivity contribution is 0.103. The van der Waals surface area contributed by atoms with Gasteiger partial charge in [0.25, 0.3) is 0 Å². The number of ether oxygens (including phenoxy) is 1. The van der Waals surface area contributed by atoms with Gasteiger partial charge in [-0.2, -0.15) is 0 Å². The topological polar surface area (TPSA) is 27.1 Å². The summed E-state index contributed by atoms with van der Waals surface area (Å²) in [5, 5.41) is 0. The van der Waals surface area contributed by atoms with Crippen molar-refractivity contribution in [1.29, 1.82) is 0 Å². The predicted molar refractivity (Wildman–Crippen MR) is 87.9 cm³/mol. The van der Waals surface area contributed by atoms with Crippen LogP contribution in [0.2, 0.25) is 0 Å². The monoisotopic (exact) mass is 292 g/mol. The molecule has 3 aromatic rings. The molecule has 22 heavy (non-hydrogen) atoms. The summed E-state index contributed by atoms with van der Waals surface area (Å²) >= 11 is 0. The van der Waals surface area contributed by atoms with Gasteiger partial charge in [-0.3, -0.25) is 0 Å². The summed E-state index contributed by atoms with van der Waals surface area (Å²) in [6.07, 6.45) is 2.33. The van der Waals surface area contributed by atoms with Crippen molar-refractivity contribution in [1.82, 2.24) is 9.55 Å². The highest BCUT2D eigenvalue weighted by Crippen LogP contribution is 2.31. The Labute approximate surface area is 130 Å². The molecule has 0 amide bonds. The number of imidazole rings is 1. The van der Waals surface area contributed by atoms with Crippen LogP contribution in [0.1, 0.15) is 35.9 Å². The average molecular weight is 292 g/mol. The van der Waals surface area contributed by atoms with Crippen LogP contribution in [0.4, 0.5) is 0 Å². The second kappa shape index (κ2) is 5.58. The molecule has 0 unspecified atom stereocenters. The van der Waals surface area contributed by atoms with Gasteiger partial charge in [-0.1, -0.05) is 42.0 Å². The highest BCUT2D eigenvalue weighted by atomic mass is 16.5. The molecule has 4 rings (SSSR count). The van der Waals surface area contributed by atoms with Gasteiger partial charge in [-0.05, 0) is 37.5 Å². The summed E-state index contributed by atoms with van der Waals surface area (Å²) in [5.74, 6) is 1.07. The van der Waals surface area contributed by atoms with Gasteiger partial charge in [0.05, 0.1) is 11.0 Å². The minimum absolute atomic E-state index is 0.136. The first-order valence-corrected chi connectivity index (χ1v) is 7.93. The van der Waals surface area contributed by atoms with Crippen LogP contribution in [0.3, 0.4) is 0 Å². The van der Waals surface area contributed by atoms with Crippen LogP contribution < -0.4 is 0 Å². The number of aryl methyl sites for hydroxylation is 1. The van der Waals surface area contributed by atoms with Gasteiger partial charge in [0.2, 0.25) is 0 Å². The third kappa shape index (κ3) is 2.42. The molecule has 1 fully saturated rings. The van der Waals surface area contributed by atoms with E-state index < -0.39 is 0 Å². The molecule has 0 N–H and O–H groups in total. The standard InChI is InChI=1S/C19H20N2O/c1-14-6-4-7-15(12-14)13-21-17-9-3-2-8-16(17)20-19(21)18-10-5-11-22-18/h2-4,6-9,12,18H,5,10-11,13H2,1H3/t18-/m1/s1. The SMILES string of the molecule is Cc1cccc(Cn2c([C@H]3CCCO3)nc3ccccc32)c1. The van der Waals surface area contributed by atoms with Crippen LogP contribution in [-0.4, -0.2) is 16.2 Å². The van der Waals surface area contributed by atoms with E-state index in [2.05, 4.69) is 54.0 Å². The summed E-state index contributed by atoms with van der Waals surface area (Å²) in [6.45, 7) is 3.83. The molecule has 1 aliphatic rings. The van der Waals surface area contributed by atoms with Crippen LogP contribution in [0, 0.1) is 6.92 Å². The van der Waals surface area contributed by atoms with Crippen LogP contribution in [-0.2, 0) is 11.3 Å². The largest absolute Gasteiger partial charge is 0.370 e. The third-order valence-electron chi connectivity index (χ3n) is 4.32. The van der Waals surface area contributed by atoms with Crippen molar-refractivity contribution in [2.75, 3.05) is 6.61 Å². The van der Waals surface area contributed by atoms with E-state index in [0.717, 1.165) is 37.3 Å². The Kier molecular flexibility index (Phi) is 3.43. The van der Waals surface area contributed by atoms with Crippen molar-refractivity contribution in [3.05, 3.63) is 65.5 Å². The molecule has 112 valence electrons. The first-order valence-electron chi connectivity index (χ1n) is 7.93. The molecule has 0 radical (unpaired) electrons. The molecule has 3 heteroatoms. The van der Waals surface area contributed by atoms with Gasteiger partial charge in [0, 0.05) is 13.2 Å². The molecule has 1 aliphatic heterocycles. The Morgan fingerprint density at radius 3 is 2.91 bits per heavy atom. The van der Waals surface area contributed by atoms with Crippen molar-refractivity contribution in [2.45, 2.75) is 32.4 Å². The third-order valence-corrected chi connectivity index (χ3v) is 4.32. The van der Waals surface area contributed by atoms with Gasteiger partial charge in [0.1, 0.15) is 11.9 Å². The van der Waals surface area contributed by atoms with Gasteiger partial charge < -0.3 is 9.30 Å². The average Bonchev–Trinajstić information content (AvgIpc) is 3.15.